The predicted octanol–water partition coefficient (Wildman–Crippen LogP) is 1.71. The summed E-state index contributed by atoms with van der Waals surface area (Å²) in [6, 6.07) is 1.92. The summed E-state index contributed by atoms with van der Waals surface area (Å²) < 4.78 is 1.77. The summed E-state index contributed by atoms with van der Waals surface area (Å²) >= 11 is 1.58. The number of nitrogens with one attached hydrogen (secondary N) is 1. The van der Waals surface area contributed by atoms with Crippen LogP contribution in [0.2, 0.25) is 0 Å². The number of hydrogen-bond donors (Lipinski definition) is 1. The van der Waals surface area contributed by atoms with Gasteiger partial charge in [-0.05, 0) is 6.92 Å². The molecule has 2 aromatic heterocycles. The van der Waals surface area contributed by atoms with Gasteiger partial charge in [-0.3, -0.25) is 4.68 Å². The molecule has 2 rings (SSSR count). The van der Waals surface area contributed by atoms with E-state index in [2.05, 4.69) is 20.4 Å². The standard InChI is InChI=1S/C10H13N5S/c1-7-13-9(11-2)4-10(14-7)16-8-5-12-15(3)6-8/h4-6H,1-3H3,(H,11,13,14). The minimum atomic E-state index is 0.762. The van der Waals surface area contributed by atoms with Crippen molar-refractivity contribution in [2.24, 2.45) is 7.05 Å². The third-order valence-electron chi connectivity index (χ3n) is 1.97. The van der Waals surface area contributed by atoms with Crippen molar-refractivity contribution in [1.29, 1.82) is 0 Å². The van der Waals surface area contributed by atoms with Crippen molar-refractivity contribution >= 4 is 17.6 Å². The van der Waals surface area contributed by atoms with Crippen molar-refractivity contribution in [2.75, 3.05) is 12.4 Å². The summed E-state index contributed by atoms with van der Waals surface area (Å²) in [5.74, 6) is 1.59. The van der Waals surface area contributed by atoms with E-state index < -0.39 is 0 Å². The monoisotopic (exact) mass is 235 g/mol. The fourth-order valence-electron chi connectivity index (χ4n) is 1.29. The molecule has 0 aliphatic heterocycles. The maximum atomic E-state index is 4.36. The lowest BCUT2D eigenvalue weighted by atomic mass is 10.5. The summed E-state index contributed by atoms with van der Waals surface area (Å²) in [5, 5.41) is 8.05. The summed E-state index contributed by atoms with van der Waals surface area (Å²) in [5.41, 5.74) is 0. The molecular weight excluding hydrogens is 222 g/mol. The Morgan fingerprint density at radius 3 is 2.81 bits per heavy atom. The van der Waals surface area contributed by atoms with Crippen molar-refractivity contribution in [2.45, 2.75) is 16.8 Å². The molecule has 0 radical (unpaired) electrons. The Morgan fingerprint density at radius 2 is 2.19 bits per heavy atom. The molecule has 0 spiro atoms. The zero-order chi connectivity index (χ0) is 11.5. The molecule has 0 saturated carbocycles. The van der Waals surface area contributed by atoms with Crippen LogP contribution in [0.3, 0.4) is 0 Å². The van der Waals surface area contributed by atoms with E-state index in [0.29, 0.717) is 0 Å². The maximum absolute atomic E-state index is 4.36. The summed E-state index contributed by atoms with van der Waals surface area (Å²) in [6.07, 6.45) is 3.78. The molecule has 2 heterocycles. The number of anilines is 1. The fourth-order valence-corrected chi connectivity index (χ4v) is 2.19. The lowest BCUT2D eigenvalue weighted by molar-refractivity contribution is 0.766. The van der Waals surface area contributed by atoms with Crippen LogP contribution in [0.15, 0.2) is 28.4 Å². The first kappa shape index (κ1) is 10.9. The highest BCUT2D eigenvalue weighted by molar-refractivity contribution is 7.99. The van der Waals surface area contributed by atoms with E-state index in [9.17, 15) is 0 Å². The highest BCUT2D eigenvalue weighted by Gasteiger charge is 2.04. The van der Waals surface area contributed by atoms with Gasteiger partial charge in [0, 0.05) is 26.4 Å². The van der Waals surface area contributed by atoms with Gasteiger partial charge in [0.15, 0.2) is 0 Å². The molecule has 0 fully saturated rings. The van der Waals surface area contributed by atoms with E-state index in [1.807, 2.05) is 39.5 Å². The van der Waals surface area contributed by atoms with Crippen molar-refractivity contribution < 1.29 is 0 Å². The Morgan fingerprint density at radius 1 is 1.38 bits per heavy atom. The molecule has 84 valence electrons. The molecule has 0 aliphatic carbocycles. The number of nitrogens with zero attached hydrogens (tertiary/aromatic N) is 4. The van der Waals surface area contributed by atoms with Gasteiger partial charge in [-0.2, -0.15) is 5.10 Å². The van der Waals surface area contributed by atoms with Crippen LogP contribution in [0.25, 0.3) is 0 Å². The zero-order valence-corrected chi connectivity index (χ0v) is 10.2. The van der Waals surface area contributed by atoms with Crippen LogP contribution in [-0.2, 0) is 7.05 Å². The number of aryl methyl sites for hydroxylation is 2. The quantitative estimate of drug-likeness (QED) is 0.821. The molecule has 0 saturated heterocycles. The Balaban J connectivity index is 2.24. The Kier molecular flexibility index (Phi) is 3.09. The highest BCUT2D eigenvalue weighted by Crippen LogP contribution is 2.26. The average Bonchev–Trinajstić information content (AvgIpc) is 2.63. The minimum Gasteiger partial charge on any atom is -0.373 e. The van der Waals surface area contributed by atoms with Crippen LogP contribution in [0.1, 0.15) is 5.82 Å². The van der Waals surface area contributed by atoms with Crippen LogP contribution < -0.4 is 5.32 Å². The highest BCUT2D eigenvalue weighted by atomic mass is 32.2. The van der Waals surface area contributed by atoms with Crippen molar-refractivity contribution in [3.8, 4) is 0 Å². The van der Waals surface area contributed by atoms with Crippen LogP contribution in [-0.4, -0.2) is 26.8 Å². The topological polar surface area (TPSA) is 55.6 Å². The second-order valence-corrected chi connectivity index (χ2v) is 4.43. The lowest BCUT2D eigenvalue weighted by Gasteiger charge is -2.03. The second-order valence-electron chi connectivity index (χ2n) is 3.34. The molecule has 6 heteroatoms. The SMILES string of the molecule is CNc1cc(Sc2cnn(C)c2)nc(C)n1. The van der Waals surface area contributed by atoms with Gasteiger partial charge in [0.2, 0.25) is 0 Å². The van der Waals surface area contributed by atoms with E-state index in [0.717, 1.165) is 21.6 Å². The van der Waals surface area contributed by atoms with Gasteiger partial charge in [0.1, 0.15) is 16.7 Å². The van der Waals surface area contributed by atoms with Crippen LogP contribution in [0.4, 0.5) is 5.82 Å². The molecule has 0 bridgehead atoms. The van der Waals surface area contributed by atoms with Crippen LogP contribution in [0.5, 0.6) is 0 Å². The van der Waals surface area contributed by atoms with Gasteiger partial charge in [-0.1, -0.05) is 11.8 Å². The molecule has 1 N–H and O–H groups in total. The molecule has 0 atom stereocenters. The van der Waals surface area contributed by atoms with Gasteiger partial charge >= 0.3 is 0 Å². The zero-order valence-electron chi connectivity index (χ0n) is 9.43. The predicted molar refractivity (Wildman–Crippen MR) is 63.6 cm³/mol. The maximum Gasteiger partial charge on any atom is 0.130 e. The van der Waals surface area contributed by atoms with E-state index >= 15 is 0 Å². The van der Waals surface area contributed by atoms with Crippen LogP contribution >= 0.6 is 11.8 Å². The molecule has 0 aliphatic rings. The van der Waals surface area contributed by atoms with Gasteiger partial charge < -0.3 is 5.32 Å². The third kappa shape index (κ3) is 2.52. The molecule has 0 amide bonds. The summed E-state index contributed by atoms with van der Waals surface area (Å²) in [6.45, 7) is 1.88. The molecule has 5 nitrogen and oxygen atoms in total. The number of hydrogen-bond acceptors (Lipinski definition) is 5. The first-order valence-corrected chi connectivity index (χ1v) is 5.69. The van der Waals surface area contributed by atoms with E-state index in [4.69, 9.17) is 0 Å². The molecule has 0 unspecified atom stereocenters. The number of aromatic nitrogens is 4. The minimum absolute atomic E-state index is 0.762. The lowest BCUT2D eigenvalue weighted by Crippen LogP contribution is -1.97. The van der Waals surface area contributed by atoms with Gasteiger partial charge in [0.05, 0.1) is 11.1 Å². The smallest absolute Gasteiger partial charge is 0.130 e. The summed E-state index contributed by atoms with van der Waals surface area (Å²) in [7, 11) is 3.74. The van der Waals surface area contributed by atoms with E-state index in [1.54, 1.807) is 16.4 Å². The average molecular weight is 235 g/mol. The first-order valence-electron chi connectivity index (χ1n) is 4.87. The number of rotatable bonds is 3. The van der Waals surface area contributed by atoms with Crippen LogP contribution in [0, 0.1) is 6.92 Å². The molecular formula is C10H13N5S. The molecule has 0 aromatic carbocycles. The van der Waals surface area contributed by atoms with Gasteiger partial charge in [-0.15, -0.1) is 0 Å². The fraction of sp³-hybridized carbons (Fsp3) is 0.300. The largest absolute Gasteiger partial charge is 0.373 e. The van der Waals surface area contributed by atoms with Gasteiger partial charge in [-0.25, -0.2) is 9.97 Å². The third-order valence-corrected chi connectivity index (χ3v) is 2.84. The van der Waals surface area contributed by atoms with Gasteiger partial charge in [0.25, 0.3) is 0 Å². The van der Waals surface area contributed by atoms with E-state index in [1.165, 1.54) is 0 Å². The second kappa shape index (κ2) is 4.52. The molecule has 16 heavy (non-hydrogen) atoms. The normalized spacial score (nSPS) is 10.4. The Bertz CT molecular complexity index is 494. The Labute approximate surface area is 98.3 Å². The van der Waals surface area contributed by atoms with Crippen molar-refractivity contribution in [3.05, 3.63) is 24.3 Å². The summed E-state index contributed by atoms with van der Waals surface area (Å²) in [4.78, 5) is 9.68. The van der Waals surface area contributed by atoms with Crippen molar-refractivity contribution in [3.63, 3.8) is 0 Å². The van der Waals surface area contributed by atoms with Crippen molar-refractivity contribution in [1.82, 2.24) is 19.7 Å². The first-order chi connectivity index (χ1) is 7.67. The van der Waals surface area contributed by atoms with E-state index in [-0.39, 0.29) is 0 Å². The molecule has 2 aromatic rings. The Hall–Kier alpha value is -1.56.